The van der Waals surface area contributed by atoms with Gasteiger partial charge in [0, 0.05) is 17.4 Å². The SMILES string of the molecule is CCCCCCCCc1ccc(CCl)cc1.OCCSCCO. The van der Waals surface area contributed by atoms with Crippen LogP contribution in [0.4, 0.5) is 0 Å². The van der Waals surface area contributed by atoms with E-state index in [0.717, 1.165) is 11.5 Å². The van der Waals surface area contributed by atoms with Crippen molar-refractivity contribution in [3.63, 3.8) is 0 Å². The molecule has 4 heteroatoms. The monoisotopic (exact) mass is 360 g/mol. The van der Waals surface area contributed by atoms with Crippen LogP contribution in [0.25, 0.3) is 0 Å². The van der Waals surface area contributed by atoms with Crippen LogP contribution >= 0.6 is 23.4 Å². The van der Waals surface area contributed by atoms with Gasteiger partial charge in [0.1, 0.15) is 0 Å². The smallest absolute Gasteiger partial charge is 0.0521 e. The second-order valence-electron chi connectivity index (χ2n) is 5.53. The van der Waals surface area contributed by atoms with Gasteiger partial charge in [0.05, 0.1) is 13.2 Å². The van der Waals surface area contributed by atoms with Crippen LogP contribution in [0.3, 0.4) is 0 Å². The standard InChI is InChI=1S/C15H23Cl.C4H10O2S/c1-2-3-4-5-6-7-8-14-9-11-15(13-16)12-10-14;5-1-3-7-4-2-6/h9-12H,2-8,13H2,1H3;5-6H,1-4H2. The molecule has 1 rings (SSSR count). The minimum Gasteiger partial charge on any atom is -0.396 e. The number of thioether (sulfide) groups is 1. The molecule has 0 aliphatic carbocycles. The first kappa shape index (κ1) is 22.8. The zero-order valence-electron chi connectivity index (χ0n) is 14.5. The maximum atomic E-state index is 8.19. The van der Waals surface area contributed by atoms with E-state index in [4.69, 9.17) is 21.8 Å². The highest BCUT2D eigenvalue weighted by Gasteiger charge is 1.95. The predicted molar refractivity (Wildman–Crippen MR) is 105 cm³/mol. The first-order chi connectivity index (χ1) is 11.3. The van der Waals surface area contributed by atoms with Gasteiger partial charge in [-0.1, -0.05) is 63.3 Å². The number of aryl methyl sites for hydroxylation is 1. The lowest BCUT2D eigenvalue weighted by atomic mass is 10.0. The van der Waals surface area contributed by atoms with E-state index in [1.165, 1.54) is 56.1 Å². The second-order valence-corrected chi connectivity index (χ2v) is 7.02. The maximum Gasteiger partial charge on any atom is 0.0521 e. The summed E-state index contributed by atoms with van der Waals surface area (Å²) >= 11 is 7.31. The fourth-order valence-corrected chi connectivity index (χ4v) is 2.78. The molecule has 2 N–H and O–H groups in total. The van der Waals surface area contributed by atoms with Crippen LogP contribution in [0.5, 0.6) is 0 Å². The van der Waals surface area contributed by atoms with Gasteiger partial charge in [0.15, 0.2) is 0 Å². The second kappa shape index (κ2) is 18.1. The van der Waals surface area contributed by atoms with Crippen LogP contribution in [-0.2, 0) is 12.3 Å². The Hall–Kier alpha value is -0.220. The summed E-state index contributed by atoms with van der Waals surface area (Å²) in [5.74, 6) is 2.10. The molecule has 0 unspecified atom stereocenters. The number of alkyl halides is 1. The van der Waals surface area contributed by atoms with Crippen LogP contribution in [-0.4, -0.2) is 34.9 Å². The van der Waals surface area contributed by atoms with Crippen LogP contribution in [0.15, 0.2) is 24.3 Å². The molecule has 0 saturated carbocycles. The third kappa shape index (κ3) is 15.1. The van der Waals surface area contributed by atoms with Gasteiger partial charge in [-0.3, -0.25) is 0 Å². The molecular formula is C19H33ClO2S. The van der Waals surface area contributed by atoms with Crippen molar-refractivity contribution in [1.29, 1.82) is 0 Å². The van der Waals surface area contributed by atoms with E-state index < -0.39 is 0 Å². The Morgan fingerprint density at radius 2 is 1.35 bits per heavy atom. The Morgan fingerprint density at radius 3 is 1.87 bits per heavy atom. The zero-order valence-corrected chi connectivity index (χ0v) is 16.0. The van der Waals surface area contributed by atoms with E-state index in [1.807, 2.05) is 0 Å². The molecule has 0 fully saturated rings. The van der Waals surface area contributed by atoms with E-state index in [2.05, 4.69) is 31.2 Å². The van der Waals surface area contributed by atoms with Crippen LogP contribution < -0.4 is 0 Å². The van der Waals surface area contributed by atoms with Gasteiger partial charge in [0.25, 0.3) is 0 Å². The van der Waals surface area contributed by atoms with Gasteiger partial charge < -0.3 is 10.2 Å². The molecule has 0 aliphatic rings. The highest BCUT2D eigenvalue weighted by atomic mass is 35.5. The molecule has 0 spiro atoms. The summed E-state index contributed by atoms with van der Waals surface area (Å²) in [6.07, 6.45) is 9.44. The Morgan fingerprint density at radius 1 is 0.826 bits per heavy atom. The molecule has 134 valence electrons. The minimum atomic E-state index is 0.213. The van der Waals surface area contributed by atoms with Crippen molar-refractivity contribution in [2.24, 2.45) is 0 Å². The molecule has 0 saturated heterocycles. The largest absolute Gasteiger partial charge is 0.396 e. The third-order valence-corrected chi connectivity index (χ3v) is 4.72. The summed E-state index contributed by atoms with van der Waals surface area (Å²) in [5, 5.41) is 16.4. The lowest BCUT2D eigenvalue weighted by Crippen LogP contribution is -1.91. The predicted octanol–water partition coefficient (Wildman–Crippen LogP) is 5.03. The van der Waals surface area contributed by atoms with Crippen molar-refractivity contribution in [3.05, 3.63) is 35.4 Å². The third-order valence-electron chi connectivity index (χ3n) is 3.47. The van der Waals surface area contributed by atoms with Crippen molar-refractivity contribution in [3.8, 4) is 0 Å². The van der Waals surface area contributed by atoms with Crippen molar-refractivity contribution >= 4 is 23.4 Å². The molecule has 0 amide bonds. The van der Waals surface area contributed by atoms with Gasteiger partial charge in [-0.05, 0) is 24.0 Å². The number of rotatable bonds is 12. The topological polar surface area (TPSA) is 40.5 Å². The van der Waals surface area contributed by atoms with E-state index in [9.17, 15) is 0 Å². The summed E-state index contributed by atoms with van der Waals surface area (Å²) in [7, 11) is 0. The molecule has 0 radical (unpaired) electrons. The van der Waals surface area contributed by atoms with Gasteiger partial charge >= 0.3 is 0 Å². The number of unbranched alkanes of at least 4 members (excludes halogenated alkanes) is 5. The molecular weight excluding hydrogens is 328 g/mol. The first-order valence-electron chi connectivity index (χ1n) is 8.71. The fraction of sp³-hybridized carbons (Fsp3) is 0.684. The lowest BCUT2D eigenvalue weighted by molar-refractivity contribution is 0.318. The summed E-state index contributed by atoms with van der Waals surface area (Å²) in [6.45, 7) is 2.69. The van der Waals surface area contributed by atoms with E-state index in [-0.39, 0.29) is 13.2 Å². The van der Waals surface area contributed by atoms with E-state index in [1.54, 1.807) is 11.8 Å². The number of hydrogen-bond donors (Lipinski definition) is 2. The Bertz CT molecular complexity index is 340. The van der Waals surface area contributed by atoms with Gasteiger partial charge in [-0.25, -0.2) is 0 Å². The van der Waals surface area contributed by atoms with Crippen LogP contribution in [0, 0.1) is 0 Å². The zero-order chi connectivity index (χ0) is 17.2. The Labute approximate surface area is 151 Å². The fourth-order valence-electron chi connectivity index (χ4n) is 2.14. The molecule has 1 aromatic rings. The summed E-state index contributed by atoms with van der Waals surface area (Å²) < 4.78 is 0. The van der Waals surface area contributed by atoms with Gasteiger partial charge in [-0.15, -0.1) is 11.6 Å². The molecule has 23 heavy (non-hydrogen) atoms. The molecule has 0 aliphatic heterocycles. The molecule has 1 aromatic carbocycles. The summed E-state index contributed by atoms with van der Waals surface area (Å²) in [6, 6.07) is 8.70. The molecule has 0 aromatic heterocycles. The maximum absolute atomic E-state index is 8.19. The Balaban J connectivity index is 0.000000585. The molecule has 2 nitrogen and oxygen atoms in total. The number of hydrogen-bond acceptors (Lipinski definition) is 3. The van der Waals surface area contributed by atoms with Crippen LogP contribution in [0.2, 0.25) is 0 Å². The number of aliphatic hydroxyl groups excluding tert-OH is 2. The molecule has 0 atom stereocenters. The van der Waals surface area contributed by atoms with E-state index in [0.29, 0.717) is 5.88 Å². The van der Waals surface area contributed by atoms with Crippen molar-refractivity contribution in [2.75, 3.05) is 24.7 Å². The van der Waals surface area contributed by atoms with Crippen molar-refractivity contribution in [1.82, 2.24) is 0 Å². The van der Waals surface area contributed by atoms with Crippen molar-refractivity contribution in [2.45, 2.75) is 57.7 Å². The number of benzene rings is 1. The lowest BCUT2D eigenvalue weighted by Gasteiger charge is -2.03. The normalized spacial score (nSPS) is 10.3. The minimum absolute atomic E-state index is 0.213. The molecule has 0 heterocycles. The average Bonchev–Trinajstić information content (AvgIpc) is 2.59. The summed E-state index contributed by atoms with van der Waals surface area (Å²) in [5.41, 5.74) is 2.66. The number of halogens is 1. The number of aliphatic hydroxyl groups is 2. The molecule has 0 bridgehead atoms. The average molecular weight is 361 g/mol. The van der Waals surface area contributed by atoms with E-state index >= 15 is 0 Å². The Kier molecular flexibility index (Phi) is 18.0. The van der Waals surface area contributed by atoms with Crippen LogP contribution in [0.1, 0.15) is 56.6 Å². The van der Waals surface area contributed by atoms with Gasteiger partial charge in [0.2, 0.25) is 0 Å². The van der Waals surface area contributed by atoms with Crippen molar-refractivity contribution < 1.29 is 10.2 Å². The quantitative estimate of drug-likeness (QED) is 0.405. The summed E-state index contributed by atoms with van der Waals surface area (Å²) in [4.78, 5) is 0. The highest BCUT2D eigenvalue weighted by Crippen LogP contribution is 2.11. The van der Waals surface area contributed by atoms with Gasteiger partial charge in [-0.2, -0.15) is 11.8 Å². The highest BCUT2D eigenvalue weighted by molar-refractivity contribution is 7.99. The first-order valence-corrected chi connectivity index (χ1v) is 10.4.